The molecule has 1 amide bonds. The summed E-state index contributed by atoms with van der Waals surface area (Å²) in [7, 11) is 0. The first-order chi connectivity index (χ1) is 11.1. The van der Waals surface area contributed by atoms with E-state index in [2.05, 4.69) is 33.9 Å². The summed E-state index contributed by atoms with van der Waals surface area (Å²) in [6.45, 7) is 7.21. The molecule has 128 valence electrons. The van der Waals surface area contributed by atoms with Crippen LogP contribution in [0, 0.1) is 5.92 Å². The average molecular weight is 337 g/mol. The number of thioether (sulfide) groups is 1. The molecule has 6 heteroatoms. The summed E-state index contributed by atoms with van der Waals surface area (Å²) < 4.78 is 2.18. The van der Waals surface area contributed by atoms with E-state index in [1.807, 2.05) is 6.92 Å². The Labute approximate surface area is 143 Å². The highest BCUT2D eigenvalue weighted by Crippen LogP contribution is 2.40. The third-order valence-corrected chi connectivity index (χ3v) is 6.18. The standard InChI is InChI=1S/C17H28N4OS/c1-4-21-15(13-9-10-13)19-20-17(21)23-12(3)16(22)18-14-8-6-5-7-11(14)2/h11-14H,4-10H2,1-3H3,(H,18,22)/t11-,12-,14-/m0/s1. The molecule has 2 aliphatic carbocycles. The van der Waals surface area contributed by atoms with Crippen molar-refractivity contribution in [1.82, 2.24) is 20.1 Å². The molecule has 2 saturated carbocycles. The summed E-state index contributed by atoms with van der Waals surface area (Å²) in [5.41, 5.74) is 0. The highest BCUT2D eigenvalue weighted by molar-refractivity contribution is 8.00. The number of carbonyl (C=O) groups is 1. The molecule has 1 N–H and O–H groups in total. The van der Waals surface area contributed by atoms with Crippen LogP contribution in [0.2, 0.25) is 0 Å². The maximum atomic E-state index is 12.5. The molecule has 1 aromatic rings. The van der Waals surface area contributed by atoms with Gasteiger partial charge in [-0.2, -0.15) is 0 Å². The molecular formula is C17H28N4OS. The highest BCUT2D eigenvalue weighted by Gasteiger charge is 2.31. The topological polar surface area (TPSA) is 59.8 Å². The van der Waals surface area contributed by atoms with Gasteiger partial charge in [-0.05, 0) is 45.4 Å². The van der Waals surface area contributed by atoms with Gasteiger partial charge in [0.25, 0.3) is 0 Å². The van der Waals surface area contributed by atoms with Crippen molar-refractivity contribution in [3.05, 3.63) is 5.82 Å². The Hall–Kier alpha value is -1.04. The average Bonchev–Trinajstić information content (AvgIpc) is 3.31. The molecule has 1 heterocycles. The van der Waals surface area contributed by atoms with Crippen LogP contribution in [0.25, 0.3) is 0 Å². The number of hydrogen-bond donors (Lipinski definition) is 1. The molecule has 1 aromatic heterocycles. The SMILES string of the molecule is CCn1c(S[C@@H](C)C(=O)N[C@H]2CCCC[C@@H]2C)nnc1C1CC1. The largest absolute Gasteiger partial charge is 0.352 e. The van der Waals surface area contributed by atoms with Gasteiger partial charge in [0.15, 0.2) is 5.16 Å². The molecule has 0 radical (unpaired) electrons. The predicted molar refractivity (Wildman–Crippen MR) is 92.6 cm³/mol. The molecule has 0 bridgehead atoms. The first kappa shape index (κ1) is 16.8. The summed E-state index contributed by atoms with van der Waals surface area (Å²) in [6, 6.07) is 0.338. The number of nitrogens with one attached hydrogen (secondary N) is 1. The van der Waals surface area contributed by atoms with Crippen LogP contribution >= 0.6 is 11.8 Å². The molecule has 0 aromatic carbocycles. The molecule has 0 aliphatic heterocycles. The van der Waals surface area contributed by atoms with Crippen LogP contribution in [0.1, 0.15) is 71.0 Å². The molecule has 0 unspecified atom stereocenters. The van der Waals surface area contributed by atoms with Crippen LogP contribution in [-0.4, -0.2) is 32.0 Å². The Morgan fingerprint density at radius 3 is 2.70 bits per heavy atom. The molecular weight excluding hydrogens is 308 g/mol. The van der Waals surface area contributed by atoms with E-state index in [0.29, 0.717) is 17.9 Å². The van der Waals surface area contributed by atoms with Crippen LogP contribution in [0.4, 0.5) is 0 Å². The minimum Gasteiger partial charge on any atom is -0.352 e. The fourth-order valence-corrected chi connectivity index (χ4v) is 4.30. The fraction of sp³-hybridized carbons (Fsp3) is 0.824. The summed E-state index contributed by atoms with van der Waals surface area (Å²) in [5.74, 6) is 2.41. The number of rotatable bonds is 6. The monoisotopic (exact) mass is 336 g/mol. The van der Waals surface area contributed by atoms with E-state index < -0.39 is 0 Å². The van der Waals surface area contributed by atoms with Gasteiger partial charge in [-0.1, -0.05) is 31.5 Å². The van der Waals surface area contributed by atoms with Crippen molar-refractivity contribution in [1.29, 1.82) is 0 Å². The number of hydrogen-bond acceptors (Lipinski definition) is 4. The predicted octanol–water partition coefficient (Wildman–Crippen LogP) is 3.35. The minimum absolute atomic E-state index is 0.132. The Morgan fingerprint density at radius 2 is 2.04 bits per heavy atom. The molecule has 0 saturated heterocycles. The lowest BCUT2D eigenvalue weighted by molar-refractivity contribution is -0.121. The van der Waals surface area contributed by atoms with Crippen molar-refractivity contribution in [3.63, 3.8) is 0 Å². The van der Waals surface area contributed by atoms with E-state index in [9.17, 15) is 4.79 Å². The van der Waals surface area contributed by atoms with Gasteiger partial charge in [-0.15, -0.1) is 10.2 Å². The Balaban J connectivity index is 1.59. The van der Waals surface area contributed by atoms with Gasteiger partial charge in [-0.3, -0.25) is 4.79 Å². The smallest absolute Gasteiger partial charge is 0.233 e. The Morgan fingerprint density at radius 1 is 1.30 bits per heavy atom. The van der Waals surface area contributed by atoms with Crippen molar-refractivity contribution in [2.24, 2.45) is 5.92 Å². The lowest BCUT2D eigenvalue weighted by atomic mass is 9.86. The quantitative estimate of drug-likeness (QED) is 0.809. The second kappa shape index (κ2) is 7.24. The number of carbonyl (C=O) groups excluding carboxylic acids is 1. The zero-order chi connectivity index (χ0) is 16.4. The molecule has 3 atom stereocenters. The van der Waals surface area contributed by atoms with Gasteiger partial charge in [-0.25, -0.2) is 0 Å². The summed E-state index contributed by atoms with van der Waals surface area (Å²) >= 11 is 1.54. The van der Waals surface area contributed by atoms with Crippen LogP contribution in [0.5, 0.6) is 0 Å². The molecule has 0 spiro atoms. The third kappa shape index (κ3) is 3.90. The molecule has 2 aliphatic rings. The summed E-state index contributed by atoms with van der Waals surface area (Å²) in [6.07, 6.45) is 7.30. The Kier molecular flexibility index (Phi) is 5.29. The highest BCUT2D eigenvalue weighted by atomic mass is 32.2. The molecule has 3 rings (SSSR count). The van der Waals surface area contributed by atoms with E-state index in [0.717, 1.165) is 23.9 Å². The zero-order valence-corrected chi connectivity index (χ0v) is 15.2. The normalized spacial score (nSPS) is 26.0. The van der Waals surface area contributed by atoms with Gasteiger partial charge in [0.2, 0.25) is 5.91 Å². The summed E-state index contributed by atoms with van der Waals surface area (Å²) in [4.78, 5) is 12.5. The van der Waals surface area contributed by atoms with E-state index in [4.69, 9.17) is 0 Å². The lowest BCUT2D eigenvalue weighted by Crippen LogP contribution is -2.44. The lowest BCUT2D eigenvalue weighted by Gasteiger charge is -2.30. The number of nitrogens with zero attached hydrogens (tertiary/aromatic N) is 3. The van der Waals surface area contributed by atoms with Gasteiger partial charge >= 0.3 is 0 Å². The number of aromatic nitrogens is 3. The van der Waals surface area contributed by atoms with E-state index in [-0.39, 0.29) is 11.2 Å². The van der Waals surface area contributed by atoms with Crippen molar-refractivity contribution in [2.45, 2.75) is 88.2 Å². The van der Waals surface area contributed by atoms with E-state index in [1.54, 1.807) is 0 Å². The van der Waals surface area contributed by atoms with Crippen molar-refractivity contribution < 1.29 is 4.79 Å². The first-order valence-electron chi connectivity index (χ1n) is 9.00. The fourth-order valence-electron chi connectivity index (χ4n) is 3.37. The van der Waals surface area contributed by atoms with Crippen LogP contribution < -0.4 is 5.32 Å². The van der Waals surface area contributed by atoms with Crippen LogP contribution in [0.3, 0.4) is 0 Å². The Bertz CT molecular complexity index is 555. The summed E-state index contributed by atoms with van der Waals surface area (Å²) in [5, 5.41) is 12.7. The minimum atomic E-state index is -0.134. The first-order valence-corrected chi connectivity index (χ1v) is 9.88. The maximum absolute atomic E-state index is 12.5. The van der Waals surface area contributed by atoms with Gasteiger partial charge < -0.3 is 9.88 Å². The van der Waals surface area contributed by atoms with Gasteiger partial charge in [0.1, 0.15) is 5.82 Å². The van der Waals surface area contributed by atoms with Gasteiger partial charge in [0.05, 0.1) is 5.25 Å². The van der Waals surface area contributed by atoms with Crippen molar-refractivity contribution in [3.8, 4) is 0 Å². The second-order valence-corrected chi connectivity index (χ2v) is 8.30. The molecule has 5 nitrogen and oxygen atoms in total. The second-order valence-electron chi connectivity index (χ2n) is 7.00. The van der Waals surface area contributed by atoms with E-state index in [1.165, 1.54) is 43.9 Å². The van der Waals surface area contributed by atoms with Crippen LogP contribution in [-0.2, 0) is 11.3 Å². The van der Waals surface area contributed by atoms with Crippen molar-refractivity contribution >= 4 is 17.7 Å². The zero-order valence-electron chi connectivity index (χ0n) is 14.4. The molecule has 23 heavy (non-hydrogen) atoms. The third-order valence-electron chi connectivity index (χ3n) is 5.09. The van der Waals surface area contributed by atoms with Gasteiger partial charge in [0, 0.05) is 18.5 Å². The van der Waals surface area contributed by atoms with Crippen molar-refractivity contribution in [2.75, 3.05) is 0 Å². The maximum Gasteiger partial charge on any atom is 0.233 e. The number of amides is 1. The molecule has 2 fully saturated rings. The van der Waals surface area contributed by atoms with E-state index >= 15 is 0 Å². The van der Waals surface area contributed by atoms with Crippen LogP contribution in [0.15, 0.2) is 5.16 Å².